The van der Waals surface area contributed by atoms with Gasteiger partial charge in [0.25, 0.3) is 5.91 Å². The van der Waals surface area contributed by atoms with Crippen molar-refractivity contribution >= 4 is 5.91 Å². The molecule has 0 radical (unpaired) electrons. The predicted molar refractivity (Wildman–Crippen MR) is 64.5 cm³/mol. The third kappa shape index (κ3) is 2.91. The van der Waals surface area contributed by atoms with Gasteiger partial charge < -0.3 is 26.0 Å². The van der Waals surface area contributed by atoms with E-state index in [1.165, 1.54) is 12.1 Å². The van der Waals surface area contributed by atoms with E-state index in [4.69, 9.17) is 0 Å². The van der Waals surface area contributed by atoms with Gasteiger partial charge in [-0.25, -0.2) is 0 Å². The van der Waals surface area contributed by atoms with Crippen molar-refractivity contribution in [2.24, 2.45) is 0 Å². The van der Waals surface area contributed by atoms with E-state index >= 15 is 0 Å². The van der Waals surface area contributed by atoms with Crippen LogP contribution in [0.4, 0.5) is 0 Å². The van der Waals surface area contributed by atoms with Crippen LogP contribution in [0.2, 0.25) is 0 Å². The Kier molecular flexibility index (Phi) is 3.40. The number of aliphatic hydroxyl groups is 1. The second-order valence-electron chi connectivity index (χ2n) is 4.57. The van der Waals surface area contributed by atoms with Crippen molar-refractivity contribution in [3.05, 3.63) is 23.8 Å². The number of β-amino-alcohol motifs (C(OH)–C–C–N with tert-alkyl or cyclic N) is 1. The summed E-state index contributed by atoms with van der Waals surface area (Å²) in [5.74, 6) is -0.802. The molecule has 98 valence electrons. The highest BCUT2D eigenvalue weighted by Gasteiger charge is 2.31. The van der Waals surface area contributed by atoms with Crippen molar-refractivity contribution in [2.75, 3.05) is 19.6 Å². The van der Waals surface area contributed by atoms with Crippen LogP contribution in [-0.2, 0) is 0 Å². The summed E-state index contributed by atoms with van der Waals surface area (Å²) in [6.07, 6.45) is 0.582. The molecule has 1 saturated heterocycles. The highest BCUT2D eigenvalue weighted by Crippen LogP contribution is 2.20. The number of carbonyl (C=O) groups excluding carboxylic acids is 1. The second-order valence-corrected chi connectivity index (χ2v) is 4.57. The lowest BCUT2D eigenvalue weighted by molar-refractivity contribution is 0.0561. The minimum absolute atomic E-state index is 0.134. The lowest BCUT2D eigenvalue weighted by Crippen LogP contribution is -2.44. The van der Waals surface area contributed by atoms with Gasteiger partial charge in [0, 0.05) is 24.7 Å². The van der Waals surface area contributed by atoms with Gasteiger partial charge in [-0.2, -0.15) is 0 Å². The summed E-state index contributed by atoms with van der Waals surface area (Å²) in [6.45, 7) is 1.30. The Balaban J connectivity index is 1.99. The van der Waals surface area contributed by atoms with Gasteiger partial charge in [-0.3, -0.25) is 4.79 Å². The molecule has 1 heterocycles. The Bertz CT molecular complexity index is 435. The van der Waals surface area contributed by atoms with E-state index in [2.05, 4.69) is 10.6 Å². The average molecular weight is 252 g/mol. The van der Waals surface area contributed by atoms with Gasteiger partial charge in [-0.1, -0.05) is 0 Å². The van der Waals surface area contributed by atoms with E-state index in [1.54, 1.807) is 0 Å². The highest BCUT2D eigenvalue weighted by molar-refractivity contribution is 5.95. The van der Waals surface area contributed by atoms with Crippen molar-refractivity contribution in [3.8, 4) is 11.5 Å². The SMILES string of the molecule is O=C(NCC1(O)CCNC1)c1cc(O)cc(O)c1. The molecule has 1 aliphatic heterocycles. The van der Waals surface area contributed by atoms with Gasteiger partial charge in [-0.15, -0.1) is 0 Å². The fraction of sp³-hybridized carbons (Fsp3) is 0.417. The van der Waals surface area contributed by atoms with Crippen LogP contribution in [0, 0.1) is 0 Å². The fourth-order valence-corrected chi connectivity index (χ4v) is 1.95. The quantitative estimate of drug-likeness (QED) is 0.501. The Morgan fingerprint density at radius 3 is 2.56 bits per heavy atom. The maximum Gasteiger partial charge on any atom is 0.251 e. The number of nitrogens with one attached hydrogen (secondary N) is 2. The first-order chi connectivity index (χ1) is 8.48. The van der Waals surface area contributed by atoms with Crippen molar-refractivity contribution in [2.45, 2.75) is 12.0 Å². The van der Waals surface area contributed by atoms with Crippen LogP contribution in [0.1, 0.15) is 16.8 Å². The number of phenolic OH excluding ortho intramolecular Hbond substituents is 2. The van der Waals surface area contributed by atoms with Crippen LogP contribution in [0.15, 0.2) is 18.2 Å². The largest absolute Gasteiger partial charge is 0.508 e. The zero-order valence-electron chi connectivity index (χ0n) is 9.81. The summed E-state index contributed by atoms with van der Waals surface area (Å²) in [5, 5.41) is 34.2. The van der Waals surface area contributed by atoms with E-state index in [-0.39, 0.29) is 23.6 Å². The van der Waals surface area contributed by atoms with Gasteiger partial charge >= 0.3 is 0 Å². The van der Waals surface area contributed by atoms with Crippen LogP contribution in [0.25, 0.3) is 0 Å². The number of amides is 1. The number of aromatic hydroxyl groups is 2. The molecule has 0 bridgehead atoms. The van der Waals surface area contributed by atoms with E-state index in [0.717, 1.165) is 12.6 Å². The molecule has 1 aliphatic rings. The molecule has 2 rings (SSSR count). The van der Waals surface area contributed by atoms with Crippen LogP contribution in [-0.4, -0.2) is 46.5 Å². The monoisotopic (exact) mass is 252 g/mol. The Hall–Kier alpha value is -1.79. The van der Waals surface area contributed by atoms with E-state index in [1.807, 2.05) is 0 Å². The molecule has 1 fully saturated rings. The molecule has 18 heavy (non-hydrogen) atoms. The zero-order valence-corrected chi connectivity index (χ0v) is 9.81. The number of hydrogen-bond acceptors (Lipinski definition) is 5. The molecular weight excluding hydrogens is 236 g/mol. The molecule has 0 saturated carbocycles. The molecule has 1 aromatic carbocycles. The van der Waals surface area contributed by atoms with Gasteiger partial charge in [0.1, 0.15) is 11.5 Å². The van der Waals surface area contributed by atoms with Crippen molar-refractivity contribution < 1.29 is 20.1 Å². The first-order valence-electron chi connectivity index (χ1n) is 5.73. The predicted octanol–water partition coefficient (Wildman–Crippen LogP) is -0.448. The average Bonchev–Trinajstić information content (AvgIpc) is 2.72. The Labute approximate surface area is 104 Å². The van der Waals surface area contributed by atoms with E-state index < -0.39 is 11.5 Å². The number of benzene rings is 1. The third-order valence-electron chi connectivity index (χ3n) is 2.96. The summed E-state index contributed by atoms with van der Waals surface area (Å²) in [5.41, 5.74) is -0.767. The highest BCUT2D eigenvalue weighted by atomic mass is 16.3. The summed E-state index contributed by atoms with van der Waals surface area (Å²) in [7, 11) is 0. The molecule has 6 nitrogen and oxygen atoms in total. The molecule has 0 aliphatic carbocycles. The fourth-order valence-electron chi connectivity index (χ4n) is 1.95. The summed E-state index contributed by atoms with van der Waals surface area (Å²) in [6, 6.07) is 3.66. The van der Waals surface area contributed by atoms with Gasteiger partial charge in [0.2, 0.25) is 0 Å². The molecule has 0 aromatic heterocycles. The molecule has 1 aromatic rings. The minimum atomic E-state index is -0.922. The molecule has 1 unspecified atom stereocenters. The zero-order chi connectivity index (χ0) is 13.2. The molecule has 5 N–H and O–H groups in total. The maximum absolute atomic E-state index is 11.8. The smallest absolute Gasteiger partial charge is 0.251 e. The van der Waals surface area contributed by atoms with Crippen molar-refractivity contribution in [1.82, 2.24) is 10.6 Å². The first kappa shape index (κ1) is 12.7. The number of hydrogen-bond donors (Lipinski definition) is 5. The summed E-state index contributed by atoms with van der Waals surface area (Å²) >= 11 is 0. The lowest BCUT2D eigenvalue weighted by atomic mass is 10.0. The van der Waals surface area contributed by atoms with Gasteiger partial charge in [0.15, 0.2) is 0 Å². The van der Waals surface area contributed by atoms with Crippen molar-refractivity contribution in [1.29, 1.82) is 0 Å². The molecule has 1 atom stereocenters. The van der Waals surface area contributed by atoms with Crippen LogP contribution >= 0.6 is 0 Å². The second kappa shape index (κ2) is 4.83. The van der Waals surface area contributed by atoms with Gasteiger partial charge in [0.05, 0.1) is 5.60 Å². The lowest BCUT2D eigenvalue weighted by Gasteiger charge is -2.21. The number of carbonyl (C=O) groups is 1. The normalized spacial score (nSPS) is 22.9. The van der Waals surface area contributed by atoms with E-state index in [9.17, 15) is 20.1 Å². The van der Waals surface area contributed by atoms with Crippen LogP contribution in [0.3, 0.4) is 0 Å². The van der Waals surface area contributed by atoms with Gasteiger partial charge in [-0.05, 0) is 25.1 Å². The molecule has 6 heteroatoms. The van der Waals surface area contributed by atoms with Crippen molar-refractivity contribution in [3.63, 3.8) is 0 Å². The summed E-state index contributed by atoms with van der Waals surface area (Å²) in [4.78, 5) is 11.8. The molecule has 1 amide bonds. The Morgan fingerprint density at radius 2 is 2.00 bits per heavy atom. The topological polar surface area (TPSA) is 102 Å². The third-order valence-corrected chi connectivity index (χ3v) is 2.96. The van der Waals surface area contributed by atoms with Crippen LogP contribution in [0.5, 0.6) is 11.5 Å². The molecular formula is C12H16N2O4. The Morgan fingerprint density at radius 1 is 1.33 bits per heavy atom. The number of phenols is 2. The number of rotatable bonds is 3. The minimum Gasteiger partial charge on any atom is -0.508 e. The standard InChI is InChI=1S/C12H16N2O4/c15-9-3-8(4-10(16)5-9)11(17)14-7-12(18)1-2-13-6-12/h3-5,13,15-16,18H,1-2,6-7H2,(H,14,17). The first-order valence-corrected chi connectivity index (χ1v) is 5.73. The van der Waals surface area contributed by atoms with Crippen LogP contribution < -0.4 is 10.6 Å². The van der Waals surface area contributed by atoms with E-state index in [0.29, 0.717) is 13.0 Å². The molecule has 0 spiro atoms. The summed E-state index contributed by atoms with van der Waals surface area (Å²) < 4.78 is 0. The maximum atomic E-state index is 11.8.